The largest absolute Gasteiger partial charge is 0.322 e. The van der Waals surface area contributed by atoms with Crippen LogP contribution in [0.3, 0.4) is 0 Å². The van der Waals surface area contributed by atoms with E-state index in [1.54, 1.807) is 6.07 Å². The average Bonchev–Trinajstić information content (AvgIpc) is 2.61. The first kappa shape index (κ1) is 7.58. The van der Waals surface area contributed by atoms with Gasteiger partial charge < -0.3 is 10.4 Å². The van der Waals surface area contributed by atoms with Crippen molar-refractivity contribution in [3.63, 3.8) is 0 Å². The molecule has 0 saturated carbocycles. The molecule has 14 heavy (non-hydrogen) atoms. The molecule has 4 heteroatoms. The van der Waals surface area contributed by atoms with Crippen molar-refractivity contribution in [2.24, 2.45) is 0 Å². The Morgan fingerprint density at radius 2 is 2.14 bits per heavy atom. The lowest BCUT2D eigenvalue weighted by Gasteiger charge is -2.01. The second-order valence-corrected chi connectivity index (χ2v) is 3.40. The van der Waals surface area contributed by atoms with E-state index >= 15 is 0 Å². The Morgan fingerprint density at radius 1 is 1.21 bits per heavy atom. The fourth-order valence-corrected chi connectivity index (χ4v) is 1.75. The fourth-order valence-electron chi connectivity index (χ4n) is 1.75. The van der Waals surface area contributed by atoms with Crippen molar-refractivity contribution in [3.05, 3.63) is 40.2 Å². The first-order chi connectivity index (χ1) is 6.83. The number of pyridine rings is 1. The highest BCUT2D eigenvalue weighted by atomic mass is 16.1. The number of hydrogen-bond acceptors (Lipinski definition) is 3. The standard InChI is InChI=1S/C10H9N3O/c14-10-2-1-6-3-7-5-11-13-9(7)4-8(6)12-10/h1-4,11,13H,5H2,(H,12,14). The number of H-pyrrole nitrogens is 1. The number of fused-ring (bicyclic) bond motifs is 2. The summed E-state index contributed by atoms with van der Waals surface area (Å²) < 4.78 is 0. The van der Waals surface area contributed by atoms with Gasteiger partial charge in [0.05, 0.1) is 11.2 Å². The molecule has 1 aliphatic heterocycles. The summed E-state index contributed by atoms with van der Waals surface area (Å²) in [6.07, 6.45) is 0. The van der Waals surface area contributed by atoms with E-state index < -0.39 is 0 Å². The minimum absolute atomic E-state index is 0.0663. The summed E-state index contributed by atoms with van der Waals surface area (Å²) in [4.78, 5) is 13.9. The summed E-state index contributed by atoms with van der Waals surface area (Å²) in [5.74, 6) is 0. The lowest BCUT2D eigenvalue weighted by molar-refractivity contribution is 0.860. The van der Waals surface area contributed by atoms with E-state index in [1.165, 1.54) is 5.56 Å². The molecule has 0 amide bonds. The number of nitrogens with one attached hydrogen (secondary N) is 3. The molecule has 0 fully saturated rings. The van der Waals surface area contributed by atoms with Gasteiger partial charge in [-0.1, -0.05) is 0 Å². The summed E-state index contributed by atoms with van der Waals surface area (Å²) >= 11 is 0. The van der Waals surface area contributed by atoms with Crippen molar-refractivity contribution in [2.75, 3.05) is 5.43 Å². The molecule has 4 nitrogen and oxygen atoms in total. The van der Waals surface area contributed by atoms with Crippen LogP contribution in [0.5, 0.6) is 0 Å². The molecule has 0 aliphatic carbocycles. The molecule has 0 atom stereocenters. The molecule has 3 N–H and O–H groups in total. The first-order valence-electron chi connectivity index (χ1n) is 4.48. The molecule has 0 spiro atoms. The van der Waals surface area contributed by atoms with E-state index in [4.69, 9.17) is 0 Å². The van der Waals surface area contributed by atoms with E-state index in [2.05, 4.69) is 21.9 Å². The quantitative estimate of drug-likeness (QED) is 0.575. The van der Waals surface area contributed by atoms with Gasteiger partial charge in [0, 0.05) is 12.6 Å². The molecule has 0 radical (unpaired) electrons. The van der Waals surface area contributed by atoms with Crippen molar-refractivity contribution in [1.29, 1.82) is 0 Å². The van der Waals surface area contributed by atoms with Crippen molar-refractivity contribution < 1.29 is 0 Å². The van der Waals surface area contributed by atoms with E-state index in [1.807, 2.05) is 12.1 Å². The number of anilines is 1. The van der Waals surface area contributed by atoms with Crippen molar-refractivity contribution in [3.8, 4) is 0 Å². The number of aromatic amines is 1. The van der Waals surface area contributed by atoms with Gasteiger partial charge in [0.25, 0.3) is 0 Å². The van der Waals surface area contributed by atoms with Gasteiger partial charge in [0.2, 0.25) is 5.56 Å². The van der Waals surface area contributed by atoms with Crippen LogP contribution in [0.4, 0.5) is 5.69 Å². The zero-order valence-electron chi connectivity index (χ0n) is 7.42. The van der Waals surface area contributed by atoms with Crippen LogP contribution in [0, 0.1) is 0 Å². The van der Waals surface area contributed by atoms with Crippen LogP contribution in [-0.4, -0.2) is 4.98 Å². The molecule has 70 valence electrons. The summed E-state index contributed by atoms with van der Waals surface area (Å²) in [6.45, 7) is 0.824. The molecule has 3 rings (SSSR count). The number of hydrogen-bond donors (Lipinski definition) is 3. The number of hydrazine groups is 1. The van der Waals surface area contributed by atoms with Gasteiger partial charge in [-0.15, -0.1) is 0 Å². The van der Waals surface area contributed by atoms with Crippen LogP contribution in [-0.2, 0) is 6.54 Å². The summed E-state index contributed by atoms with van der Waals surface area (Å²) in [6, 6.07) is 7.41. The molecule has 1 aromatic carbocycles. The molecule has 1 aliphatic rings. The van der Waals surface area contributed by atoms with Crippen molar-refractivity contribution in [1.82, 2.24) is 10.4 Å². The minimum Gasteiger partial charge on any atom is -0.322 e. The monoisotopic (exact) mass is 187 g/mol. The topological polar surface area (TPSA) is 56.9 Å². The van der Waals surface area contributed by atoms with Gasteiger partial charge >= 0.3 is 0 Å². The maximum absolute atomic E-state index is 11.1. The highest BCUT2D eigenvalue weighted by Crippen LogP contribution is 2.24. The lowest BCUT2D eigenvalue weighted by atomic mass is 10.1. The first-order valence-corrected chi connectivity index (χ1v) is 4.48. The van der Waals surface area contributed by atoms with Gasteiger partial charge in [-0.2, -0.15) is 0 Å². The highest BCUT2D eigenvalue weighted by Gasteiger charge is 2.10. The van der Waals surface area contributed by atoms with Crippen LogP contribution in [0.25, 0.3) is 10.9 Å². The molecule has 2 aromatic rings. The second-order valence-electron chi connectivity index (χ2n) is 3.40. The van der Waals surface area contributed by atoms with E-state index in [9.17, 15) is 4.79 Å². The predicted molar refractivity (Wildman–Crippen MR) is 55.0 cm³/mol. The normalized spacial score (nSPS) is 14.0. The Kier molecular flexibility index (Phi) is 1.40. The smallest absolute Gasteiger partial charge is 0.248 e. The Morgan fingerprint density at radius 3 is 3.07 bits per heavy atom. The molecule has 0 bridgehead atoms. The summed E-state index contributed by atoms with van der Waals surface area (Å²) in [5, 5.41) is 1.06. The van der Waals surface area contributed by atoms with Gasteiger partial charge in [-0.05, 0) is 29.1 Å². The summed E-state index contributed by atoms with van der Waals surface area (Å²) in [7, 11) is 0. The molecule has 1 aromatic heterocycles. The molecule has 0 saturated heterocycles. The number of aromatic nitrogens is 1. The average molecular weight is 187 g/mol. The zero-order chi connectivity index (χ0) is 9.54. The molecule has 2 heterocycles. The molecular weight excluding hydrogens is 178 g/mol. The third-order valence-corrected chi connectivity index (χ3v) is 2.45. The van der Waals surface area contributed by atoms with Crippen LogP contribution in [0.2, 0.25) is 0 Å². The third kappa shape index (κ3) is 1.01. The van der Waals surface area contributed by atoms with Crippen LogP contribution >= 0.6 is 0 Å². The Hall–Kier alpha value is -1.81. The second kappa shape index (κ2) is 2.59. The van der Waals surface area contributed by atoms with Crippen LogP contribution < -0.4 is 16.4 Å². The SMILES string of the molecule is O=c1ccc2cc3c(cc2[nH]1)NNC3. The maximum atomic E-state index is 11.1. The van der Waals surface area contributed by atoms with Crippen LogP contribution in [0.1, 0.15) is 5.56 Å². The van der Waals surface area contributed by atoms with E-state index in [0.717, 1.165) is 23.1 Å². The number of rotatable bonds is 0. The predicted octanol–water partition coefficient (Wildman–Crippen LogP) is 0.958. The summed E-state index contributed by atoms with van der Waals surface area (Å²) in [5.41, 5.74) is 9.14. The third-order valence-electron chi connectivity index (χ3n) is 2.45. The van der Waals surface area contributed by atoms with Crippen molar-refractivity contribution >= 4 is 16.6 Å². The molecular formula is C10H9N3O. The molecule has 0 unspecified atom stereocenters. The van der Waals surface area contributed by atoms with Gasteiger partial charge in [0.15, 0.2) is 0 Å². The van der Waals surface area contributed by atoms with E-state index in [-0.39, 0.29) is 5.56 Å². The highest BCUT2D eigenvalue weighted by molar-refractivity contribution is 5.84. The van der Waals surface area contributed by atoms with Gasteiger partial charge in [-0.25, -0.2) is 5.43 Å². The van der Waals surface area contributed by atoms with Crippen LogP contribution in [0.15, 0.2) is 29.1 Å². The Balaban J connectivity index is 2.39. The van der Waals surface area contributed by atoms with Crippen molar-refractivity contribution in [2.45, 2.75) is 6.54 Å². The van der Waals surface area contributed by atoms with Gasteiger partial charge in [-0.3, -0.25) is 4.79 Å². The fraction of sp³-hybridized carbons (Fsp3) is 0.100. The van der Waals surface area contributed by atoms with E-state index in [0.29, 0.717) is 0 Å². The Bertz CT molecular complexity index is 559. The number of benzene rings is 1. The maximum Gasteiger partial charge on any atom is 0.248 e. The Labute approximate surface area is 79.9 Å². The minimum atomic E-state index is -0.0663. The zero-order valence-corrected chi connectivity index (χ0v) is 7.42. The van der Waals surface area contributed by atoms with Gasteiger partial charge in [0.1, 0.15) is 0 Å². The lowest BCUT2D eigenvalue weighted by Crippen LogP contribution is -2.10.